The lowest BCUT2D eigenvalue weighted by Crippen LogP contribution is -2.37. The van der Waals surface area contributed by atoms with E-state index in [0.717, 1.165) is 60.2 Å². The van der Waals surface area contributed by atoms with Crippen molar-refractivity contribution in [1.29, 1.82) is 0 Å². The normalized spacial score (nSPS) is 19.8. The molecule has 1 aromatic rings. The summed E-state index contributed by atoms with van der Waals surface area (Å²) in [5, 5.41) is 0.438. The van der Waals surface area contributed by atoms with Crippen LogP contribution in [0.3, 0.4) is 0 Å². The van der Waals surface area contributed by atoms with E-state index in [0.29, 0.717) is 36.0 Å². The summed E-state index contributed by atoms with van der Waals surface area (Å²) in [6.07, 6.45) is 5.28. The van der Waals surface area contributed by atoms with Crippen LogP contribution >= 0.6 is 11.6 Å². The summed E-state index contributed by atoms with van der Waals surface area (Å²) in [7, 11) is 3.57. The van der Waals surface area contributed by atoms with Crippen molar-refractivity contribution >= 4 is 23.2 Å². The van der Waals surface area contributed by atoms with Crippen LogP contribution in [0, 0.1) is 0 Å². The highest BCUT2D eigenvalue weighted by atomic mass is 35.5. The number of hydrogen-bond acceptors (Lipinski definition) is 5. The lowest BCUT2D eigenvalue weighted by Gasteiger charge is -2.42. The Hall–Kier alpha value is -2.27. The number of ketones is 2. The molecular weight excluding hydrogens is 402 g/mol. The number of methoxy groups -OCH3 is 1. The Morgan fingerprint density at radius 3 is 2.17 bits per heavy atom. The smallest absolute Gasteiger partial charge is 0.179 e. The molecule has 0 aromatic heterocycles. The Balaban J connectivity index is 1.91. The molecule has 6 heteroatoms. The van der Waals surface area contributed by atoms with Crippen molar-refractivity contribution in [3.05, 3.63) is 45.3 Å². The molecule has 5 nitrogen and oxygen atoms in total. The Bertz CT molecular complexity index is 918. The van der Waals surface area contributed by atoms with Gasteiger partial charge < -0.3 is 14.4 Å². The zero-order valence-corrected chi connectivity index (χ0v) is 18.6. The summed E-state index contributed by atoms with van der Waals surface area (Å²) in [5.74, 6) is 0.893. The second-order valence-corrected chi connectivity index (χ2v) is 8.56. The number of hydrogen-bond donors (Lipinski definition) is 0. The predicted octanol–water partition coefficient (Wildman–Crippen LogP) is 5.18. The molecule has 0 unspecified atom stereocenters. The van der Waals surface area contributed by atoms with E-state index in [1.165, 1.54) is 0 Å². The average Bonchev–Trinajstić information content (AvgIpc) is 2.74. The fraction of sp³-hybridized carbons (Fsp3) is 0.500. The van der Waals surface area contributed by atoms with Gasteiger partial charge in [-0.3, -0.25) is 9.59 Å². The quantitative estimate of drug-likeness (QED) is 0.645. The van der Waals surface area contributed by atoms with Crippen LogP contribution in [-0.2, 0) is 9.59 Å². The first kappa shape index (κ1) is 21.0. The third-order valence-corrected chi connectivity index (χ3v) is 6.56. The molecule has 0 radical (unpaired) electrons. The number of Topliss-reactive ketones (excluding diaryl/α,β-unsaturated/α-hetero) is 2. The Morgan fingerprint density at radius 1 is 1.03 bits per heavy atom. The summed E-state index contributed by atoms with van der Waals surface area (Å²) in [4.78, 5) is 28.3. The molecule has 0 amide bonds. The van der Waals surface area contributed by atoms with E-state index in [2.05, 4.69) is 4.90 Å². The maximum atomic E-state index is 13.1. The SMILES string of the molecule is CCCOc1c(Cl)cc(C2C3=C(CCCC3=O)N(C)C3=C2C(=O)CCC3)cc1OC. The van der Waals surface area contributed by atoms with Gasteiger partial charge in [0.2, 0.25) is 0 Å². The summed E-state index contributed by atoms with van der Waals surface area (Å²) < 4.78 is 11.4. The minimum atomic E-state index is -0.390. The van der Waals surface area contributed by atoms with Crippen LogP contribution in [0.25, 0.3) is 0 Å². The molecule has 1 aliphatic heterocycles. The number of carbonyl (C=O) groups is 2. The average molecular weight is 430 g/mol. The lowest BCUT2D eigenvalue weighted by atomic mass is 9.71. The van der Waals surface area contributed by atoms with Crippen molar-refractivity contribution in [2.75, 3.05) is 20.8 Å². The van der Waals surface area contributed by atoms with Crippen LogP contribution in [0.5, 0.6) is 11.5 Å². The van der Waals surface area contributed by atoms with Gasteiger partial charge in [-0.2, -0.15) is 0 Å². The molecule has 0 spiro atoms. The predicted molar refractivity (Wildman–Crippen MR) is 116 cm³/mol. The molecule has 0 saturated heterocycles. The van der Waals surface area contributed by atoms with E-state index in [1.807, 2.05) is 26.1 Å². The van der Waals surface area contributed by atoms with E-state index >= 15 is 0 Å². The van der Waals surface area contributed by atoms with Gasteiger partial charge in [0.05, 0.1) is 18.7 Å². The van der Waals surface area contributed by atoms with Crippen LogP contribution in [0.1, 0.15) is 63.4 Å². The van der Waals surface area contributed by atoms with Crippen LogP contribution in [-0.4, -0.2) is 37.2 Å². The molecule has 4 rings (SSSR count). The Morgan fingerprint density at radius 2 is 1.63 bits per heavy atom. The zero-order valence-electron chi connectivity index (χ0n) is 17.8. The van der Waals surface area contributed by atoms with Gasteiger partial charge in [-0.25, -0.2) is 0 Å². The Kier molecular flexibility index (Phi) is 5.92. The monoisotopic (exact) mass is 429 g/mol. The zero-order chi connectivity index (χ0) is 21.4. The lowest BCUT2D eigenvalue weighted by molar-refractivity contribution is -0.117. The van der Waals surface area contributed by atoms with Gasteiger partial charge in [0, 0.05) is 48.3 Å². The molecule has 160 valence electrons. The fourth-order valence-electron chi connectivity index (χ4n) is 4.94. The van der Waals surface area contributed by atoms with E-state index < -0.39 is 5.92 Å². The highest BCUT2D eigenvalue weighted by Crippen LogP contribution is 2.50. The van der Waals surface area contributed by atoms with Crippen LogP contribution < -0.4 is 9.47 Å². The fourth-order valence-corrected chi connectivity index (χ4v) is 5.21. The maximum Gasteiger partial charge on any atom is 0.179 e. The van der Waals surface area contributed by atoms with Crippen LogP contribution in [0.2, 0.25) is 5.02 Å². The molecule has 1 heterocycles. The van der Waals surface area contributed by atoms with Crippen molar-refractivity contribution < 1.29 is 19.1 Å². The van der Waals surface area contributed by atoms with Crippen molar-refractivity contribution in [2.45, 2.75) is 57.8 Å². The second kappa shape index (κ2) is 8.46. The molecule has 3 aliphatic rings. The maximum absolute atomic E-state index is 13.1. The molecule has 0 N–H and O–H groups in total. The first-order chi connectivity index (χ1) is 14.5. The van der Waals surface area contributed by atoms with E-state index in [-0.39, 0.29) is 11.6 Å². The highest BCUT2D eigenvalue weighted by molar-refractivity contribution is 6.32. The summed E-state index contributed by atoms with van der Waals surface area (Å²) in [6.45, 7) is 2.56. The Labute approximate surface area is 182 Å². The van der Waals surface area contributed by atoms with Gasteiger partial charge in [-0.1, -0.05) is 18.5 Å². The van der Waals surface area contributed by atoms with Gasteiger partial charge in [-0.05, 0) is 49.8 Å². The van der Waals surface area contributed by atoms with Crippen LogP contribution in [0.4, 0.5) is 0 Å². The van der Waals surface area contributed by atoms with Gasteiger partial charge >= 0.3 is 0 Å². The van der Waals surface area contributed by atoms with Crippen LogP contribution in [0.15, 0.2) is 34.7 Å². The van der Waals surface area contributed by atoms with E-state index in [4.69, 9.17) is 21.1 Å². The summed E-state index contributed by atoms with van der Waals surface area (Å²) >= 11 is 6.60. The number of nitrogens with zero attached hydrogens (tertiary/aromatic N) is 1. The first-order valence-corrected chi connectivity index (χ1v) is 11.1. The van der Waals surface area contributed by atoms with Crippen molar-refractivity contribution in [1.82, 2.24) is 4.90 Å². The van der Waals surface area contributed by atoms with Gasteiger partial charge in [0.25, 0.3) is 0 Å². The number of ether oxygens (including phenoxy) is 2. The topological polar surface area (TPSA) is 55.8 Å². The molecule has 2 aliphatic carbocycles. The molecular formula is C24H28ClNO4. The van der Waals surface area contributed by atoms with Gasteiger partial charge in [0.15, 0.2) is 23.1 Å². The second-order valence-electron chi connectivity index (χ2n) is 8.15. The highest BCUT2D eigenvalue weighted by Gasteiger charge is 2.42. The third-order valence-electron chi connectivity index (χ3n) is 6.28. The number of benzene rings is 1. The number of allylic oxidation sites excluding steroid dienone is 4. The minimum Gasteiger partial charge on any atom is -0.493 e. The van der Waals surface area contributed by atoms with E-state index in [9.17, 15) is 9.59 Å². The molecule has 30 heavy (non-hydrogen) atoms. The standard InChI is InChI=1S/C24H28ClNO4/c1-4-11-30-24-15(25)12-14(13-20(24)29-3)21-22-16(7-5-9-18(22)27)26(2)17-8-6-10-19(28)23(17)21/h12-13,21H,4-11H2,1-3H3. The molecule has 1 aromatic carbocycles. The molecule has 0 atom stereocenters. The first-order valence-electron chi connectivity index (χ1n) is 10.7. The largest absolute Gasteiger partial charge is 0.493 e. The molecule has 0 saturated carbocycles. The molecule has 0 bridgehead atoms. The van der Waals surface area contributed by atoms with Gasteiger partial charge in [-0.15, -0.1) is 0 Å². The van der Waals surface area contributed by atoms with E-state index in [1.54, 1.807) is 7.11 Å². The van der Waals surface area contributed by atoms with Crippen molar-refractivity contribution in [2.24, 2.45) is 0 Å². The summed E-state index contributed by atoms with van der Waals surface area (Å²) in [5.41, 5.74) is 4.41. The minimum absolute atomic E-state index is 0.124. The van der Waals surface area contributed by atoms with Gasteiger partial charge in [0.1, 0.15) is 0 Å². The third kappa shape index (κ3) is 3.43. The number of rotatable bonds is 5. The number of halogens is 1. The van der Waals surface area contributed by atoms with Crippen molar-refractivity contribution in [3.8, 4) is 11.5 Å². The summed E-state index contributed by atoms with van der Waals surface area (Å²) in [6, 6.07) is 3.72. The van der Waals surface area contributed by atoms with Crippen molar-refractivity contribution in [3.63, 3.8) is 0 Å². The molecule has 0 fully saturated rings. The number of carbonyl (C=O) groups excluding carboxylic acids is 2.